The molecule has 29 heavy (non-hydrogen) atoms. The van der Waals surface area contributed by atoms with Gasteiger partial charge in [-0.3, -0.25) is 4.79 Å². The Hall–Kier alpha value is -2.82. The van der Waals surface area contributed by atoms with Crippen LogP contribution in [-0.2, 0) is 17.8 Å². The number of ether oxygens (including phenoxy) is 1. The lowest BCUT2D eigenvalue weighted by atomic mass is 10.1. The van der Waals surface area contributed by atoms with E-state index in [9.17, 15) is 4.79 Å². The first-order valence-corrected chi connectivity index (χ1v) is 10.4. The lowest BCUT2D eigenvalue weighted by molar-refractivity contribution is -0.118. The number of rotatable bonds is 10. The summed E-state index contributed by atoms with van der Waals surface area (Å²) in [4.78, 5) is 15.8. The van der Waals surface area contributed by atoms with Gasteiger partial charge in [0.15, 0.2) is 0 Å². The fraction of sp³-hybridized carbons (Fsp3) is 0.417. The molecule has 0 radical (unpaired) electrons. The molecule has 3 rings (SSSR count). The van der Waals surface area contributed by atoms with Crippen LogP contribution in [0.2, 0.25) is 0 Å². The number of amides is 1. The van der Waals surface area contributed by atoms with Gasteiger partial charge in [0, 0.05) is 19.9 Å². The number of carbonyl (C=O) groups is 1. The molecule has 5 heteroatoms. The third-order valence-corrected chi connectivity index (χ3v) is 5.09. The topological polar surface area (TPSA) is 56.2 Å². The van der Waals surface area contributed by atoms with E-state index < -0.39 is 0 Å². The molecule has 0 atom stereocenters. The fourth-order valence-corrected chi connectivity index (χ4v) is 3.62. The molecule has 3 aromatic rings. The fourth-order valence-electron chi connectivity index (χ4n) is 3.62. The SMILES string of the molecule is CC(=O)NCCCCCc1nc2ccccc2n1CCOc1ccc(C)cc1C. The van der Waals surface area contributed by atoms with E-state index in [1.165, 1.54) is 11.1 Å². The minimum absolute atomic E-state index is 0.0376. The lowest BCUT2D eigenvalue weighted by Gasteiger charge is -2.13. The standard InChI is InChI=1S/C24H31N3O2/c1-18-12-13-23(19(2)17-18)29-16-15-27-22-10-7-6-9-21(22)26-24(27)11-5-4-8-14-25-20(3)28/h6-7,9-10,12-13,17H,4-5,8,11,14-16H2,1-3H3,(H,25,28). The smallest absolute Gasteiger partial charge is 0.216 e. The van der Waals surface area contributed by atoms with Crippen LogP contribution < -0.4 is 10.1 Å². The number of para-hydroxylation sites is 2. The van der Waals surface area contributed by atoms with Crippen LogP contribution >= 0.6 is 0 Å². The summed E-state index contributed by atoms with van der Waals surface area (Å²) >= 11 is 0. The molecule has 0 unspecified atom stereocenters. The first-order chi connectivity index (χ1) is 14.0. The zero-order valence-electron chi connectivity index (χ0n) is 17.7. The number of unbranched alkanes of at least 4 members (excludes halogenated alkanes) is 2. The molecule has 1 aromatic heterocycles. The highest BCUT2D eigenvalue weighted by Crippen LogP contribution is 2.20. The molecule has 0 aliphatic rings. The Morgan fingerprint density at radius 3 is 2.72 bits per heavy atom. The molecule has 1 heterocycles. The van der Waals surface area contributed by atoms with Gasteiger partial charge in [-0.25, -0.2) is 4.98 Å². The molecule has 1 N–H and O–H groups in total. The summed E-state index contributed by atoms with van der Waals surface area (Å²) in [6.45, 7) is 7.87. The maximum absolute atomic E-state index is 10.9. The van der Waals surface area contributed by atoms with Crippen molar-refractivity contribution in [3.05, 3.63) is 59.4 Å². The van der Waals surface area contributed by atoms with Gasteiger partial charge in [0.1, 0.15) is 18.2 Å². The van der Waals surface area contributed by atoms with Crippen molar-refractivity contribution in [3.63, 3.8) is 0 Å². The monoisotopic (exact) mass is 393 g/mol. The number of fused-ring (bicyclic) bond motifs is 1. The molecule has 0 spiro atoms. The van der Waals surface area contributed by atoms with Gasteiger partial charge < -0.3 is 14.6 Å². The average molecular weight is 394 g/mol. The Morgan fingerprint density at radius 1 is 1.10 bits per heavy atom. The highest BCUT2D eigenvalue weighted by Gasteiger charge is 2.10. The summed E-state index contributed by atoms with van der Waals surface area (Å²) < 4.78 is 8.34. The average Bonchev–Trinajstić information content (AvgIpc) is 3.03. The van der Waals surface area contributed by atoms with Crippen LogP contribution in [0.15, 0.2) is 42.5 Å². The Morgan fingerprint density at radius 2 is 1.93 bits per heavy atom. The van der Waals surface area contributed by atoms with Gasteiger partial charge in [0.2, 0.25) is 5.91 Å². The van der Waals surface area contributed by atoms with Crippen molar-refractivity contribution < 1.29 is 9.53 Å². The summed E-state index contributed by atoms with van der Waals surface area (Å²) in [6, 6.07) is 14.6. The molecule has 0 saturated heterocycles. The number of hydrogen-bond acceptors (Lipinski definition) is 3. The number of benzene rings is 2. The zero-order chi connectivity index (χ0) is 20.6. The number of carbonyl (C=O) groups excluding carboxylic acids is 1. The molecule has 2 aromatic carbocycles. The molecule has 0 saturated carbocycles. The number of aryl methyl sites for hydroxylation is 3. The van der Waals surface area contributed by atoms with Crippen molar-refractivity contribution >= 4 is 16.9 Å². The zero-order valence-corrected chi connectivity index (χ0v) is 17.7. The Bertz CT molecular complexity index is 962. The van der Waals surface area contributed by atoms with Gasteiger partial charge in [-0.1, -0.05) is 36.2 Å². The molecule has 1 amide bonds. The third-order valence-electron chi connectivity index (χ3n) is 5.09. The van der Waals surface area contributed by atoms with Crippen molar-refractivity contribution in [3.8, 4) is 5.75 Å². The Balaban J connectivity index is 1.61. The number of imidazole rings is 1. The number of aromatic nitrogens is 2. The van der Waals surface area contributed by atoms with E-state index in [0.717, 1.165) is 61.4 Å². The van der Waals surface area contributed by atoms with Gasteiger partial charge >= 0.3 is 0 Å². The Kier molecular flexibility index (Phi) is 7.28. The molecule has 5 nitrogen and oxygen atoms in total. The summed E-state index contributed by atoms with van der Waals surface area (Å²) in [5.74, 6) is 2.09. The third kappa shape index (κ3) is 5.83. The molecule has 154 valence electrons. The molecule has 0 aliphatic carbocycles. The maximum atomic E-state index is 10.9. The molecule has 0 bridgehead atoms. The van der Waals surface area contributed by atoms with E-state index in [2.05, 4.69) is 54.1 Å². The van der Waals surface area contributed by atoms with Crippen LogP contribution in [0.1, 0.15) is 43.1 Å². The van der Waals surface area contributed by atoms with Gasteiger partial charge in [-0.2, -0.15) is 0 Å². The van der Waals surface area contributed by atoms with Crippen LogP contribution in [0.4, 0.5) is 0 Å². The molecule has 0 aliphatic heterocycles. The predicted octanol–water partition coefficient (Wildman–Crippen LogP) is 4.58. The summed E-state index contributed by atoms with van der Waals surface area (Å²) in [6.07, 6.45) is 4.05. The van der Waals surface area contributed by atoms with Crippen LogP contribution in [0, 0.1) is 13.8 Å². The van der Waals surface area contributed by atoms with E-state index >= 15 is 0 Å². The van der Waals surface area contributed by atoms with E-state index in [1.807, 2.05) is 12.1 Å². The largest absolute Gasteiger partial charge is 0.491 e. The quantitative estimate of drug-likeness (QED) is 0.513. The lowest BCUT2D eigenvalue weighted by Crippen LogP contribution is -2.20. The number of hydrogen-bond donors (Lipinski definition) is 1. The second kappa shape index (κ2) is 10.1. The van der Waals surface area contributed by atoms with Gasteiger partial charge in [0.05, 0.1) is 17.6 Å². The van der Waals surface area contributed by atoms with Crippen molar-refractivity contribution in [1.29, 1.82) is 0 Å². The van der Waals surface area contributed by atoms with E-state index in [-0.39, 0.29) is 5.91 Å². The molecular weight excluding hydrogens is 362 g/mol. The van der Waals surface area contributed by atoms with Crippen LogP contribution in [-0.4, -0.2) is 28.6 Å². The molecule has 0 fully saturated rings. The Labute approximate surface area is 173 Å². The summed E-state index contributed by atoms with van der Waals surface area (Å²) in [7, 11) is 0. The first kappa shape index (κ1) is 20.9. The summed E-state index contributed by atoms with van der Waals surface area (Å²) in [5.41, 5.74) is 4.60. The number of nitrogens with one attached hydrogen (secondary N) is 1. The van der Waals surface area contributed by atoms with Crippen molar-refractivity contribution in [1.82, 2.24) is 14.9 Å². The van der Waals surface area contributed by atoms with Crippen LogP contribution in [0.3, 0.4) is 0 Å². The first-order valence-electron chi connectivity index (χ1n) is 10.4. The van der Waals surface area contributed by atoms with Gasteiger partial charge in [-0.15, -0.1) is 0 Å². The molecular formula is C24H31N3O2. The highest BCUT2D eigenvalue weighted by molar-refractivity contribution is 5.75. The van der Waals surface area contributed by atoms with Crippen molar-refractivity contribution in [2.75, 3.05) is 13.2 Å². The highest BCUT2D eigenvalue weighted by atomic mass is 16.5. The maximum Gasteiger partial charge on any atom is 0.216 e. The summed E-state index contributed by atoms with van der Waals surface area (Å²) in [5, 5.41) is 2.85. The normalized spacial score (nSPS) is 11.0. The van der Waals surface area contributed by atoms with Gasteiger partial charge in [-0.05, 0) is 50.5 Å². The predicted molar refractivity (Wildman–Crippen MR) is 117 cm³/mol. The number of nitrogens with zero attached hydrogens (tertiary/aromatic N) is 2. The second-order valence-corrected chi connectivity index (χ2v) is 7.58. The van der Waals surface area contributed by atoms with E-state index in [4.69, 9.17) is 9.72 Å². The van der Waals surface area contributed by atoms with E-state index in [0.29, 0.717) is 6.61 Å². The van der Waals surface area contributed by atoms with Crippen molar-refractivity contribution in [2.45, 2.75) is 53.0 Å². The second-order valence-electron chi connectivity index (χ2n) is 7.58. The van der Waals surface area contributed by atoms with E-state index in [1.54, 1.807) is 6.92 Å². The van der Waals surface area contributed by atoms with Crippen molar-refractivity contribution in [2.24, 2.45) is 0 Å². The van der Waals surface area contributed by atoms with Crippen LogP contribution in [0.25, 0.3) is 11.0 Å². The van der Waals surface area contributed by atoms with Gasteiger partial charge in [0.25, 0.3) is 0 Å². The van der Waals surface area contributed by atoms with Crippen LogP contribution in [0.5, 0.6) is 5.75 Å². The minimum Gasteiger partial charge on any atom is -0.491 e. The minimum atomic E-state index is 0.0376.